The Morgan fingerprint density at radius 3 is 2.50 bits per heavy atom. The number of rotatable bonds is 3. The molecule has 2 N–H and O–H groups in total. The minimum Gasteiger partial charge on any atom is -0.337 e. The first-order valence-electron chi connectivity index (χ1n) is 7.73. The molecular weight excluding hydrogens is 254 g/mol. The number of hydrogen-bond acceptors (Lipinski definition) is 6. The molecule has 6 heteroatoms. The molecule has 20 heavy (non-hydrogen) atoms. The third-order valence-corrected chi connectivity index (χ3v) is 4.75. The van der Waals surface area contributed by atoms with Gasteiger partial charge in [0.15, 0.2) is 0 Å². The summed E-state index contributed by atoms with van der Waals surface area (Å²) in [5, 5.41) is 4.18. The molecule has 0 radical (unpaired) electrons. The Balaban J connectivity index is 1.59. The van der Waals surface area contributed by atoms with Gasteiger partial charge in [0.05, 0.1) is 0 Å². The van der Waals surface area contributed by atoms with E-state index in [4.69, 9.17) is 10.3 Å². The number of piperazine rings is 1. The molecule has 1 saturated carbocycles. The van der Waals surface area contributed by atoms with Gasteiger partial charge in [-0.15, -0.1) is 0 Å². The minimum absolute atomic E-state index is 0.437. The van der Waals surface area contributed by atoms with Gasteiger partial charge in [0.2, 0.25) is 5.89 Å². The first-order valence-corrected chi connectivity index (χ1v) is 7.73. The van der Waals surface area contributed by atoms with Crippen molar-refractivity contribution in [3.63, 3.8) is 0 Å². The summed E-state index contributed by atoms with van der Waals surface area (Å²) in [4.78, 5) is 9.18. The molecule has 3 rings (SSSR count). The monoisotopic (exact) mass is 279 g/mol. The Morgan fingerprint density at radius 1 is 1.15 bits per heavy atom. The number of likely N-dealkylation sites (N-methyl/N-ethyl adjacent to an activating group) is 1. The molecule has 2 aliphatic rings. The van der Waals surface area contributed by atoms with Gasteiger partial charge in [-0.05, 0) is 50.4 Å². The largest absolute Gasteiger partial charge is 0.337 e. The van der Waals surface area contributed by atoms with Gasteiger partial charge in [0.1, 0.15) is 0 Å². The molecule has 112 valence electrons. The van der Waals surface area contributed by atoms with Crippen LogP contribution in [-0.4, -0.2) is 54.8 Å². The van der Waals surface area contributed by atoms with Crippen LogP contribution in [0.1, 0.15) is 37.5 Å². The highest BCUT2D eigenvalue weighted by Crippen LogP contribution is 2.35. The van der Waals surface area contributed by atoms with E-state index in [0.29, 0.717) is 11.8 Å². The number of nitrogens with zero attached hydrogens (tertiary/aromatic N) is 4. The maximum Gasteiger partial charge on any atom is 0.266 e. The Hall–Kier alpha value is -1.14. The molecule has 0 spiro atoms. The van der Waals surface area contributed by atoms with Crippen molar-refractivity contribution in [3.8, 4) is 0 Å². The topological polar surface area (TPSA) is 71.4 Å². The highest BCUT2D eigenvalue weighted by Gasteiger charge is 2.27. The van der Waals surface area contributed by atoms with E-state index in [2.05, 4.69) is 27.0 Å². The zero-order valence-corrected chi connectivity index (χ0v) is 12.3. The van der Waals surface area contributed by atoms with Crippen LogP contribution in [0.5, 0.6) is 0 Å². The second kappa shape index (κ2) is 6.10. The fourth-order valence-corrected chi connectivity index (χ4v) is 3.17. The van der Waals surface area contributed by atoms with Gasteiger partial charge >= 0.3 is 0 Å². The van der Waals surface area contributed by atoms with Crippen LogP contribution in [0.25, 0.3) is 0 Å². The molecule has 0 aromatic carbocycles. The van der Waals surface area contributed by atoms with E-state index < -0.39 is 0 Å². The Labute approximate surface area is 120 Å². The van der Waals surface area contributed by atoms with Gasteiger partial charge in [-0.1, -0.05) is 0 Å². The normalized spacial score (nSPS) is 28.8. The van der Waals surface area contributed by atoms with Crippen LogP contribution in [0.4, 0.5) is 5.95 Å². The summed E-state index contributed by atoms with van der Waals surface area (Å²) in [6.45, 7) is 4.89. The summed E-state index contributed by atoms with van der Waals surface area (Å²) in [5.41, 5.74) is 5.74. The summed E-state index contributed by atoms with van der Waals surface area (Å²) < 4.78 is 5.51. The lowest BCUT2D eigenvalue weighted by molar-refractivity contribution is 0.274. The first-order chi connectivity index (χ1) is 9.76. The number of nitrogens with two attached hydrogens (primary N) is 1. The number of anilines is 1. The standard InChI is InChI=1S/C14H25N5O/c1-18-6-8-19(9-7-18)14-16-13(20-17-14)12-4-2-11(10-15)3-5-12/h11-12H,2-10,15H2,1H3. The van der Waals surface area contributed by atoms with Crippen LogP contribution in [0.3, 0.4) is 0 Å². The molecule has 1 aromatic rings. The quantitative estimate of drug-likeness (QED) is 0.892. The van der Waals surface area contributed by atoms with Gasteiger partial charge in [-0.2, -0.15) is 4.98 Å². The lowest BCUT2D eigenvalue weighted by Crippen LogP contribution is -2.44. The summed E-state index contributed by atoms with van der Waals surface area (Å²) in [5.74, 6) is 2.72. The Kier molecular flexibility index (Phi) is 4.21. The van der Waals surface area contributed by atoms with Gasteiger partial charge in [0, 0.05) is 32.1 Å². The maximum atomic E-state index is 5.74. The van der Waals surface area contributed by atoms with E-state index in [0.717, 1.165) is 57.4 Å². The predicted molar refractivity (Wildman–Crippen MR) is 77.8 cm³/mol. The molecule has 2 heterocycles. The van der Waals surface area contributed by atoms with Crippen molar-refractivity contribution in [1.29, 1.82) is 0 Å². The van der Waals surface area contributed by atoms with E-state index in [1.165, 1.54) is 12.8 Å². The second-order valence-corrected chi connectivity index (χ2v) is 6.18. The fourth-order valence-electron chi connectivity index (χ4n) is 3.17. The number of hydrogen-bond donors (Lipinski definition) is 1. The van der Waals surface area contributed by atoms with Crippen LogP contribution in [-0.2, 0) is 0 Å². The lowest BCUT2D eigenvalue weighted by Gasteiger charge is -2.31. The van der Waals surface area contributed by atoms with E-state index in [1.807, 2.05) is 0 Å². The van der Waals surface area contributed by atoms with Crippen molar-refractivity contribution in [2.75, 3.05) is 44.7 Å². The molecule has 1 aliphatic carbocycles. The minimum atomic E-state index is 0.437. The van der Waals surface area contributed by atoms with Crippen LogP contribution in [0, 0.1) is 5.92 Å². The highest BCUT2D eigenvalue weighted by molar-refractivity contribution is 5.29. The predicted octanol–water partition coefficient (Wildman–Crippen LogP) is 1.05. The third kappa shape index (κ3) is 2.96. The molecule has 1 saturated heterocycles. The van der Waals surface area contributed by atoms with Crippen molar-refractivity contribution < 1.29 is 4.52 Å². The van der Waals surface area contributed by atoms with E-state index in [-0.39, 0.29) is 0 Å². The molecule has 1 aliphatic heterocycles. The molecule has 0 unspecified atom stereocenters. The molecule has 6 nitrogen and oxygen atoms in total. The highest BCUT2D eigenvalue weighted by atomic mass is 16.5. The SMILES string of the molecule is CN1CCN(c2noc(C3CCC(CN)CC3)n2)CC1. The summed E-state index contributed by atoms with van der Waals surface area (Å²) >= 11 is 0. The zero-order valence-electron chi connectivity index (χ0n) is 12.3. The number of aromatic nitrogens is 2. The summed E-state index contributed by atoms with van der Waals surface area (Å²) in [6.07, 6.45) is 4.64. The summed E-state index contributed by atoms with van der Waals surface area (Å²) in [7, 11) is 2.15. The van der Waals surface area contributed by atoms with Gasteiger partial charge in [-0.3, -0.25) is 0 Å². The van der Waals surface area contributed by atoms with Crippen molar-refractivity contribution in [3.05, 3.63) is 5.89 Å². The Bertz CT molecular complexity index is 419. The van der Waals surface area contributed by atoms with Crippen molar-refractivity contribution >= 4 is 5.95 Å². The van der Waals surface area contributed by atoms with E-state index in [9.17, 15) is 0 Å². The van der Waals surface area contributed by atoms with Crippen LogP contribution >= 0.6 is 0 Å². The molecular formula is C14H25N5O. The van der Waals surface area contributed by atoms with Gasteiger partial charge < -0.3 is 20.1 Å². The van der Waals surface area contributed by atoms with E-state index >= 15 is 0 Å². The van der Waals surface area contributed by atoms with Crippen LogP contribution in [0.2, 0.25) is 0 Å². The first kappa shape index (κ1) is 13.8. The third-order valence-electron chi connectivity index (χ3n) is 4.75. The fraction of sp³-hybridized carbons (Fsp3) is 0.857. The second-order valence-electron chi connectivity index (χ2n) is 6.18. The summed E-state index contributed by atoms with van der Waals surface area (Å²) in [6, 6.07) is 0. The van der Waals surface area contributed by atoms with E-state index in [1.54, 1.807) is 0 Å². The van der Waals surface area contributed by atoms with Gasteiger partial charge in [-0.25, -0.2) is 0 Å². The lowest BCUT2D eigenvalue weighted by atomic mass is 9.82. The maximum absolute atomic E-state index is 5.74. The zero-order chi connectivity index (χ0) is 13.9. The van der Waals surface area contributed by atoms with Gasteiger partial charge in [0.25, 0.3) is 5.95 Å². The molecule has 0 bridgehead atoms. The molecule has 0 amide bonds. The smallest absolute Gasteiger partial charge is 0.266 e. The van der Waals surface area contributed by atoms with Crippen LogP contribution < -0.4 is 10.6 Å². The van der Waals surface area contributed by atoms with Crippen molar-refractivity contribution in [1.82, 2.24) is 15.0 Å². The average molecular weight is 279 g/mol. The average Bonchev–Trinajstić information content (AvgIpc) is 2.98. The Morgan fingerprint density at radius 2 is 1.85 bits per heavy atom. The van der Waals surface area contributed by atoms with Crippen LogP contribution in [0.15, 0.2) is 4.52 Å². The molecule has 0 atom stereocenters. The van der Waals surface area contributed by atoms with Crippen molar-refractivity contribution in [2.24, 2.45) is 11.7 Å². The van der Waals surface area contributed by atoms with Crippen molar-refractivity contribution in [2.45, 2.75) is 31.6 Å². The molecule has 1 aromatic heterocycles. The molecule has 2 fully saturated rings.